The molecule has 1 aliphatic heterocycles. The summed E-state index contributed by atoms with van der Waals surface area (Å²) in [5.74, 6) is 0.106. The van der Waals surface area contributed by atoms with Crippen molar-refractivity contribution >= 4 is 27.6 Å². The number of carbonyl (C=O) groups excluding carboxylic acids is 1. The van der Waals surface area contributed by atoms with Crippen LogP contribution in [0.3, 0.4) is 0 Å². The van der Waals surface area contributed by atoms with E-state index in [0.717, 1.165) is 24.8 Å². The normalized spacial score (nSPS) is 15.4. The summed E-state index contributed by atoms with van der Waals surface area (Å²) in [5, 5.41) is 0.578. The molecule has 0 amide bonds. The maximum atomic E-state index is 12.6. The second-order valence-electron chi connectivity index (χ2n) is 6.54. The summed E-state index contributed by atoms with van der Waals surface area (Å²) in [6.07, 6.45) is 3.59. The van der Waals surface area contributed by atoms with Gasteiger partial charge in [-0.2, -0.15) is 4.31 Å². The van der Waals surface area contributed by atoms with Gasteiger partial charge in [0.2, 0.25) is 10.0 Å². The first-order valence-electron chi connectivity index (χ1n) is 9.00. The summed E-state index contributed by atoms with van der Waals surface area (Å²) < 4.78 is 32.1. The number of hydrogen-bond donors (Lipinski definition) is 0. The zero-order chi connectivity index (χ0) is 19.3. The molecule has 1 heterocycles. The van der Waals surface area contributed by atoms with Gasteiger partial charge in [0, 0.05) is 24.5 Å². The van der Waals surface area contributed by atoms with Crippen molar-refractivity contribution in [3.63, 3.8) is 0 Å². The molecular weight excluding hydrogens is 386 g/mol. The summed E-state index contributed by atoms with van der Waals surface area (Å²) in [6, 6.07) is 13.3. The minimum atomic E-state index is -3.42. The molecule has 0 unspecified atom stereocenters. The average molecular weight is 408 g/mol. The zero-order valence-electron chi connectivity index (χ0n) is 14.9. The smallest absolute Gasteiger partial charge is 0.311 e. The Morgan fingerprint density at radius 2 is 1.59 bits per heavy atom. The Labute approximate surface area is 165 Å². The lowest BCUT2D eigenvalue weighted by Crippen LogP contribution is -2.35. The van der Waals surface area contributed by atoms with Crippen LogP contribution in [0.5, 0.6) is 5.75 Å². The topological polar surface area (TPSA) is 63.7 Å². The maximum absolute atomic E-state index is 12.6. The molecule has 0 N–H and O–H groups in total. The van der Waals surface area contributed by atoms with Gasteiger partial charge in [-0.1, -0.05) is 30.2 Å². The van der Waals surface area contributed by atoms with Crippen LogP contribution in [0.1, 0.15) is 31.2 Å². The molecule has 5 nitrogen and oxygen atoms in total. The number of halogens is 1. The Kier molecular flexibility index (Phi) is 6.52. The Morgan fingerprint density at radius 1 is 0.963 bits per heavy atom. The van der Waals surface area contributed by atoms with E-state index >= 15 is 0 Å². The number of rotatable bonds is 6. The van der Waals surface area contributed by atoms with Crippen LogP contribution in [0.2, 0.25) is 5.02 Å². The number of carbonyl (C=O) groups is 1. The van der Waals surface area contributed by atoms with E-state index in [1.54, 1.807) is 52.8 Å². The molecule has 0 aromatic heterocycles. The van der Waals surface area contributed by atoms with E-state index in [9.17, 15) is 13.2 Å². The van der Waals surface area contributed by atoms with Gasteiger partial charge in [0.15, 0.2) is 0 Å². The second kappa shape index (κ2) is 8.87. The fourth-order valence-electron chi connectivity index (χ4n) is 3.01. The van der Waals surface area contributed by atoms with Crippen molar-refractivity contribution in [3.05, 3.63) is 59.1 Å². The standard InChI is InChI=1S/C20H22ClNO4S/c21-17-7-9-18(10-8-17)26-20(23)13-6-16-4-11-19(12-5-16)27(24,25)22-14-2-1-3-15-22/h4-5,7-12H,1-3,6,13-15H2. The third kappa shape index (κ3) is 5.31. The van der Waals surface area contributed by atoms with E-state index in [1.165, 1.54) is 0 Å². The summed E-state index contributed by atoms with van der Waals surface area (Å²) in [5.41, 5.74) is 0.889. The molecular formula is C20H22ClNO4S. The first-order valence-corrected chi connectivity index (χ1v) is 10.8. The van der Waals surface area contributed by atoms with Crippen molar-refractivity contribution in [3.8, 4) is 5.75 Å². The first kappa shape index (κ1) is 19.9. The van der Waals surface area contributed by atoms with E-state index in [0.29, 0.717) is 35.2 Å². The lowest BCUT2D eigenvalue weighted by Gasteiger charge is -2.25. The van der Waals surface area contributed by atoms with Crippen LogP contribution in [0.25, 0.3) is 0 Å². The summed E-state index contributed by atoms with van der Waals surface area (Å²) in [7, 11) is -3.42. The van der Waals surface area contributed by atoms with Crippen molar-refractivity contribution in [1.82, 2.24) is 4.31 Å². The van der Waals surface area contributed by atoms with Crippen molar-refractivity contribution in [2.24, 2.45) is 0 Å². The molecule has 1 saturated heterocycles. The summed E-state index contributed by atoms with van der Waals surface area (Å²) in [4.78, 5) is 12.2. The van der Waals surface area contributed by atoms with Gasteiger partial charge in [-0.3, -0.25) is 4.79 Å². The average Bonchev–Trinajstić information content (AvgIpc) is 2.69. The highest BCUT2D eigenvalue weighted by molar-refractivity contribution is 7.89. The SMILES string of the molecule is O=C(CCc1ccc(S(=O)(=O)N2CCCCC2)cc1)Oc1ccc(Cl)cc1. The monoisotopic (exact) mass is 407 g/mol. The van der Waals surface area contributed by atoms with E-state index in [4.69, 9.17) is 16.3 Å². The fourth-order valence-corrected chi connectivity index (χ4v) is 4.66. The molecule has 0 spiro atoms. The van der Waals surface area contributed by atoms with Gasteiger partial charge in [-0.25, -0.2) is 8.42 Å². The molecule has 0 aliphatic carbocycles. The molecule has 144 valence electrons. The molecule has 1 aliphatic rings. The number of esters is 1. The van der Waals surface area contributed by atoms with Gasteiger partial charge < -0.3 is 4.74 Å². The van der Waals surface area contributed by atoms with Gasteiger partial charge in [0.05, 0.1) is 4.90 Å². The fraction of sp³-hybridized carbons (Fsp3) is 0.350. The number of benzene rings is 2. The van der Waals surface area contributed by atoms with Crippen molar-refractivity contribution < 1.29 is 17.9 Å². The predicted octanol–water partition coefficient (Wildman–Crippen LogP) is 4.05. The van der Waals surface area contributed by atoms with Gasteiger partial charge in [0.1, 0.15) is 5.75 Å². The Bertz CT molecular complexity index is 873. The largest absolute Gasteiger partial charge is 0.427 e. The number of ether oxygens (including phenoxy) is 1. The van der Waals surface area contributed by atoms with E-state index < -0.39 is 10.0 Å². The van der Waals surface area contributed by atoms with Crippen LogP contribution >= 0.6 is 11.6 Å². The molecule has 0 radical (unpaired) electrons. The second-order valence-corrected chi connectivity index (χ2v) is 8.91. The Balaban J connectivity index is 1.55. The van der Waals surface area contributed by atoms with E-state index in [-0.39, 0.29) is 12.4 Å². The lowest BCUT2D eigenvalue weighted by molar-refractivity contribution is -0.134. The van der Waals surface area contributed by atoms with Gasteiger partial charge >= 0.3 is 5.97 Å². The minimum Gasteiger partial charge on any atom is -0.427 e. The van der Waals surface area contributed by atoms with Crippen LogP contribution in [0.15, 0.2) is 53.4 Å². The molecule has 0 bridgehead atoms. The maximum Gasteiger partial charge on any atom is 0.311 e. The van der Waals surface area contributed by atoms with Gasteiger partial charge in [-0.05, 0) is 61.2 Å². The molecule has 2 aromatic rings. The highest BCUT2D eigenvalue weighted by Gasteiger charge is 2.25. The number of hydrogen-bond acceptors (Lipinski definition) is 4. The highest BCUT2D eigenvalue weighted by Crippen LogP contribution is 2.21. The number of piperidine rings is 1. The molecule has 27 heavy (non-hydrogen) atoms. The predicted molar refractivity (Wildman–Crippen MR) is 104 cm³/mol. The summed E-state index contributed by atoms with van der Waals surface area (Å²) >= 11 is 5.80. The number of aryl methyl sites for hydroxylation is 1. The molecule has 0 atom stereocenters. The Morgan fingerprint density at radius 3 is 2.22 bits per heavy atom. The molecule has 3 rings (SSSR count). The van der Waals surface area contributed by atoms with Gasteiger partial charge in [-0.15, -0.1) is 0 Å². The minimum absolute atomic E-state index is 0.209. The van der Waals surface area contributed by atoms with Crippen molar-refractivity contribution in [2.45, 2.75) is 37.0 Å². The van der Waals surface area contributed by atoms with E-state index in [1.807, 2.05) is 0 Å². The molecule has 1 fully saturated rings. The van der Waals surface area contributed by atoms with Crippen LogP contribution in [-0.2, 0) is 21.2 Å². The Hall–Kier alpha value is -1.89. The highest BCUT2D eigenvalue weighted by atomic mass is 35.5. The lowest BCUT2D eigenvalue weighted by atomic mass is 10.1. The van der Waals surface area contributed by atoms with Crippen LogP contribution < -0.4 is 4.74 Å². The summed E-state index contributed by atoms with van der Waals surface area (Å²) in [6.45, 7) is 1.17. The van der Waals surface area contributed by atoms with E-state index in [2.05, 4.69) is 0 Å². The van der Waals surface area contributed by atoms with Crippen molar-refractivity contribution in [2.75, 3.05) is 13.1 Å². The van der Waals surface area contributed by atoms with Crippen molar-refractivity contribution in [1.29, 1.82) is 0 Å². The van der Waals surface area contributed by atoms with Crippen LogP contribution in [0, 0.1) is 0 Å². The third-order valence-electron chi connectivity index (χ3n) is 4.54. The molecule has 7 heteroatoms. The first-order chi connectivity index (χ1) is 12.9. The number of sulfonamides is 1. The van der Waals surface area contributed by atoms with Crippen LogP contribution in [0.4, 0.5) is 0 Å². The zero-order valence-corrected chi connectivity index (χ0v) is 16.5. The quantitative estimate of drug-likeness (QED) is 0.535. The molecule has 2 aromatic carbocycles. The third-order valence-corrected chi connectivity index (χ3v) is 6.70. The van der Waals surface area contributed by atoms with Gasteiger partial charge in [0.25, 0.3) is 0 Å². The number of nitrogens with zero attached hydrogens (tertiary/aromatic N) is 1. The molecule has 0 saturated carbocycles. The van der Waals surface area contributed by atoms with Crippen LogP contribution in [-0.4, -0.2) is 31.8 Å².